The smallest absolute Gasteiger partial charge is 0.330 e. The van der Waals surface area contributed by atoms with Gasteiger partial charge in [-0.1, -0.05) is 5.16 Å². The van der Waals surface area contributed by atoms with Crippen LogP contribution in [-0.4, -0.2) is 35.6 Å². The summed E-state index contributed by atoms with van der Waals surface area (Å²) in [7, 11) is 0. The third kappa shape index (κ3) is 3.39. The molecule has 0 spiro atoms. The minimum absolute atomic E-state index is 0.194. The zero-order chi connectivity index (χ0) is 11.1. The maximum absolute atomic E-state index is 11.4. The van der Waals surface area contributed by atoms with Crippen molar-refractivity contribution < 1.29 is 14.1 Å². The predicted molar refractivity (Wildman–Crippen MR) is 52.0 cm³/mol. The van der Waals surface area contributed by atoms with Gasteiger partial charge in [-0.15, -0.1) is 0 Å². The lowest BCUT2D eigenvalue weighted by atomic mass is 10.4. The fraction of sp³-hybridized carbons (Fsp3) is 0.375. The van der Waals surface area contributed by atoms with Gasteiger partial charge in [-0.05, 0) is 13.0 Å². The van der Waals surface area contributed by atoms with E-state index in [1.54, 1.807) is 0 Å². The van der Waals surface area contributed by atoms with E-state index < -0.39 is 6.03 Å². The Hall–Kier alpha value is -1.89. The maximum Gasteiger partial charge on any atom is 0.330 e. The van der Waals surface area contributed by atoms with Crippen LogP contribution in [0.4, 0.5) is 10.7 Å². The Kier molecular flexibility index (Phi) is 4.30. The number of nitrogens with two attached hydrogens (primary N) is 1. The van der Waals surface area contributed by atoms with Crippen LogP contribution in [0.1, 0.15) is 6.42 Å². The Balaban J connectivity index is 2.46. The molecule has 0 aliphatic heterocycles. The zero-order valence-electron chi connectivity index (χ0n) is 8.05. The molecule has 82 valence electrons. The summed E-state index contributed by atoms with van der Waals surface area (Å²) in [5.74, 6) is 0.194. The highest BCUT2D eigenvalue weighted by Gasteiger charge is 2.12. The second-order valence-electron chi connectivity index (χ2n) is 2.75. The van der Waals surface area contributed by atoms with Crippen LogP contribution in [0.3, 0.4) is 0 Å². The average Bonchev–Trinajstić information content (AvgIpc) is 2.71. The molecule has 0 radical (unpaired) electrons. The Labute approximate surface area is 86.2 Å². The van der Waals surface area contributed by atoms with Crippen molar-refractivity contribution in [2.24, 2.45) is 5.73 Å². The molecule has 3 N–H and O–H groups in total. The summed E-state index contributed by atoms with van der Waals surface area (Å²) < 4.78 is 4.65. The fourth-order valence-corrected chi connectivity index (χ4v) is 0.921. The molecule has 1 heterocycles. The summed E-state index contributed by atoms with van der Waals surface area (Å²) in [4.78, 5) is 22.9. The first-order valence-electron chi connectivity index (χ1n) is 4.41. The topological polar surface area (TPSA) is 101 Å². The number of carbonyl (C=O) groups is 2. The number of nitrogens with one attached hydrogen (secondary N) is 1. The molecule has 1 aromatic heterocycles. The molecule has 0 saturated carbocycles. The van der Waals surface area contributed by atoms with E-state index in [4.69, 9.17) is 5.73 Å². The summed E-state index contributed by atoms with van der Waals surface area (Å²) in [5, 5.41) is 5.77. The first-order chi connectivity index (χ1) is 7.27. The second kappa shape index (κ2) is 5.76. The average molecular weight is 212 g/mol. The number of imide groups is 1. The van der Waals surface area contributed by atoms with Crippen LogP contribution in [0, 0.1) is 0 Å². The van der Waals surface area contributed by atoms with Crippen LogP contribution in [0.5, 0.6) is 0 Å². The van der Waals surface area contributed by atoms with Crippen molar-refractivity contribution in [1.29, 1.82) is 0 Å². The molecule has 1 rings (SSSR count). The largest absolute Gasteiger partial charge is 0.338 e. The number of hydrogen-bond donors (Lipinski definition) is 2. The molecule has 7 heteroatoms. The molecule has 3 amide bonds. The van der Waals surface area contributed by atoms with Gasteiger partial charge in [0.15, 0.2) is 0 Å². The van der Waals surface area contributed by atoms with Crippen molar-refractivity contribution in [3.8, 4) is 0 Å². The number of rotatable bonds is 5. The highest BCUT2D eigenvalue weighted by Crippen LogP contribution is 2.04. The van der Waals surface area contributed by atoms with E-state index in [1.165, 1.54) is 12.3 Å². The molecule has 0 fully saturated rings. The van der Waals surface area contributed by atoms with Gasteiger partial charge < -0.3 is 10.3 Å². The first kappa shape index (κ1) is 11.2. The van der Waals surface area contributed by atoms with Crippen molar-refractivity contribution in [2.75, 3.05) is 18.4 Å². The summed E-state index contributed by atoms with van der Waals surface area (Å²) in [5.41, 5.74) is 5.26. The fourth-order valence-electron chi connectivity index (χ4n) is 0.921. The van der Waals surface area contributed by atoms with Crippen molar-refractivity contribution >= 4 is 18.3 Å². The van der Waals surface area contributed by atoms with Crippen molar-refractivity contribution in [3.63, 3.8) is 0 Å². The number of hydrogen-bond acceptors (Lipinski definition) is 5. The number of anilines is 1. The van der Waals surface area contributed by atoms with E-state index in [-0.39, 0.29) is 12.4 Å². The number of carbonyl (C=O) groups excluding carboxylic acids is 2. The lowest BCUT2D eigenvalue weighted by Gasteiger charge is -2.13. The van der Waals surface area contributed by atoms with Gasteiger partial charge in [-0.2, -0.15) is 0 Å². The highest BCUT2D eigenvalue weighted by molar-refractivity contribution is 5.94. The quantitative estimate of drug-likeness (QED) is 0.669. The lowest BCUT2D eigenvalue weighted by molar-refractivity contribution is -0.115. The molecule has 0 saturated heterocycles. The van der Waals surface area contributed by atoms with Gasteiger partial charge in [0.2, 0.25) is 12.3 Å². The minimum Gasteiger partial charge on any atom is -0.338 e. The summed E-state index contributed by atoms with van der Waals surface area (Å²) >= 11 is 0. The van der Waals surface area contributed by atoms with Crippen molar-refractivity contribution in [3.05, 3.63) is 12.3 Å². The van der Waals surface area contributed by atoms with E-state index >= 15 is 0 Å². The molecule has 0 aliphatic rings. The van der Waals surface area contributed by atoms with Gasteiger partial charge in [0.05, 0.1) is 6.20 Å². The molecule has 15 heavy (non-hydrogen) atoms. The number of nitrogens with zero attached hydrogens (tertiary/aromatic N) is 2. The van der Waals surface area contributed by atoms with E-state index in [0.29, 0.717) is 19.4 Å². The van der Waals surface area contributed by atoms with E-state index in [1.807, 2.05) is 0 Å². The molecule has 0 aliphatic carbocycles. The van der Waals surface area contributed by atoms with Gasteiger partial charge in [0, 0.05) is 12.6 Å². The molecule has 7 nitrogen and oxygen atoms in total. The van der Waals surface area contributed by atoms with Crippen LogP contribution in [0.15, 0.2) is 16.8 Å². The van der Waals surface area contributed by atoms with Crippen LogP contribution in [0.2, 0.25) is 0 Å². The van der Waals surface area contributed by atoms with E-state index in [2.05, 4.69) is 15.0 Å². The molecule has 0 atom stereocenters. The van der Waals surface area contributed by atoms with Gasteiger partial charge in [0.25, 0.3) is 0 Å². The maximum atomic E-state index is 11.4. The third-order valence-corrected chi connectivity index (χ3v) is 1.66. The Morgan fingerprint density at radius 1 is 1.73 bits per heavy atom. The SMILES string of the molecule is NCCCN(C=O)C(=O)Nc1ccno1. The van der Waals surface area contributed by atoms with Crippen LogP contribution < -0.4 is 11.1 Å². The summed E-state index contributed by atoms with van der Waals surface area (Å²) in [6, 6.07) is 0.916. The number of urea groups is 1. The molecular formula is C8H12N4O3. The van der Waals surface area contributed by atoms with Gasteiger partial charge >= 0.3 is 6.03 Å². The van der Waals surface area contributed by atoms with E-state index in [0.717, 1.165) is 4.90 Å². The van der Waals surface area contributed by atoms with Gasteiger partial charge in [-0.25, -0.2) is 4.79 Å². The standard InChI is InChI=1S/C8H12N4O3/c9-3-1-5-12(6-13)8(14)11-7-2-4-10-15-7/h2,4,6H,1,3,5,9H2,(H,11,14). The second-order valence-corrected chi connectivity index (χ2v) is 2.75. The molecule has 0 unspecified atom stereocenters. The van der Waals surface area contributed by atoms with Crippen LogP contribution in [-0.2, 0) is 4.79 Å². The predicted octanol–water partition coefficient (Wildman–Crippen LogP) is 0.0137. The van der Waals surface area contributed by atoms with Gasteiger partial charge in [0.1, 0.15) is 0 Å². The number of aromatic nitrogens is 1. The number of amides is 3. The van der Waals surface area contributed by atoms with Crippen LogP contribution in [0.25, 0.3) is 0 Å². The molecule has 0 aromatic carbocycles. The normalized spacial score (nSPS) is 9.67. The lowest BCUT2D eigenvalue weighted by Crippen LogP contribution is -2.35. The summed E-state index contributed by atoms with van der Waals surface area (Å²) in [6.07, 6.45) is 2.39. The first-order valence-corrected chi connectivity index (χ1v) is 4.41. The Bertz CT molecular complexity index is 312. The molecule has 0 bridgehead atoms. The minimum atomic E-state index is -0.560. The van der Waals surface area contributed by atoms with Crippen molar-refractivity contribution in [1.82, 2.24) is 10.1 Å². The zero-order valence-corrected chi connectivity index (χ0v) is 8.05. The van der Waals surface area contributed by atoms with Crippen molar-refractivity contribution in [2.45, 2.75) is 6.42 Å². The Morgan fingerprint density at radius 2 is 2.53 bits per heavy atom. The monoisotopic (exact) mass is 212 g/mol. The van der Waals surface area contributed by atoms with E-state index in [9.17, 15) is 9.59 Å². The molecule has 1 aromatic rings. The molecular weight excluding hydrogens is 200 g/mol. The van der Waals surface area contributed by atoms with Crippen LogP contribution >= 0.6 is 0 Å². The Morgan fingerprint density at radius 3 is 3.07 bits per heavy atom. The highest BCUT2D eigenvalue weighted by atomic mass is 16.5. The third-order valence-electron chi connectivity index (χ3n) is 1.66. The van der Waals surface area contributed by atoms with Gasteiger partial charge in [-0.3, -0.25) is 15.0 Å². The summed E-state index contributed by atoms with van der Waals surface area (Å²) in [6.45, 7) is 0.694.